The van der Waals surface area contributed by atoms with Crippen molar-refractivity contribution in [3.8, 4) is 34.8 Å². The van der Waals surface area contributed by atoms with E-state index >= 15 is 0 Å². The largest absolute Gasteiger partial charge is 0.504 e. The minimum absolute atomic E-state index is 0.0118. The monoisotopic (exact) mass is 416 g/mol. The lowest BCUT2D eigenvalue weighted by molar-refractivity contribution is 0.111. The zero-order valence-electron chi connectivity index (χ0n) is 17.9. The highest BCUT2D eigenvalue weighted by molar-refractivity contribution is 5.86. The molecular formula is C26H24O5. The smallest absolute Gasteiger partial charge is 0.168 e. The number of hydrogen-bond acceptors (Lipinski definition) is 5. The van der Waals surface area contributed by atoms with E-state index in [-0.39, 0.29) is 17.7 Å². The highest BCUT2D eigenvalue weighted by atomic mass is 16.5. The molecule has 3 aromatic rings. The second kappa shape index (κ2) is 9.27. The predicted molar refractivity (Wildman–Crippen MR) is 119 cm³/mol. The van der Waals surface area contributed by atoms with Crippen LogP contribution in [-0.4, -0.2) is 30.7 Å². The van der Waals surface area contributed by atoms with Crippen LogP contribution >= 0.6 is 0 Å². The van der Waals surface area contributed by atoms with Gasteiger partial charge in [-0.15, -0.1) is 0 Å². The molecule has 0 unspecified atom stereocenters. The van der Waals surface area contributed by atoms with E-state index in [9.17, 15) is 15.0 Å². The van der Waals surface area contributed by atoms with Gasteiger partial charge in [-0.1, -0.05) is 30.0 Å². The molecule has 0 fully saturated rings. The Balaban J connectivity index is 2.25. The first-order chi connectivity index (χ1) is 14.9. The number of aryl methyl sites for hydroxylation is 1. The Kier molecular flexibility index (Phi) is 6.52. The topological polar surface area (TPSA) is 76.0 Å². The molecule has 5 heteroatoms. The quantitative estimate of drug-likeness (QED) is 0.363. The van der Waals surface area contributed by atoms with Crippen molar-refractivity contribution in [2.45, 2.75) is 20.3 Å². The summed E-state index contributed by atoms with van der Waals surface area (Å²) in [6.45, 7) is 3.59. The fourth-order valence-electron chi connectivity index (χ4n) is 3.52. The lowest BCUT2D eigenvalue weighted by atomic mass is 9.89. The first-order valence-corrected chi connectivity index (χ1v) is 9.72. The Morgan fingerprint density at radius 1 is 0.935 bits per heavy atom. The molecule has 0 amide bonds. The van der Waals surface area contributed by atoms with Crippen molar-refractivity contribution < 1.29 is 24.5 Å². The number of aldehydes is 1. The summed E-state index contributed by atoms with van der Waals surface area (Å²) in [5, 5.41) is 20.8. The van der Waals surface area contributed by atoms with Crippen molar-refractivity contribution in [3.63, 3.8) is 0 Å². The van der Waals surface area contributed by atoms with Crippen LogP contribution in [0.5, 0.6) is 23.0 Å². The molecule has 2 N–H and O–H groups in total. The number of benzene rings is 3. The number of methoxy groups -OCH3 is 2. The standard InChI is InChI=1S/C26H24O5/c1-16-12-19(30-3)13-24(31-4)21(16)14-22-20(11-10-18-8-6-5-7-9-18)17(2)25(28)26(29)23(22)15-27/h5-9,12-13,15,28-29H,14H2,1-4H3. The SMILES string of the molecule is COc1cc(C)c(Cc2c(C#Cc3ccccc3)c(C)c(O)c(O)c2C=O)c(OC)c1. The van der Waals surface area contributed by atoms with Crippen LogP contribution in [0.1, 0.15) is 43.7 Å². The lowest BCUT2D eigenvalue weighted by Crippen LogP contribution is -2.05. The maximum absolute atomic E-state index is 11.9. The van der Waals surface area contributed by atoms with E-state index in [2.05, 4.69) is 11.8 Å². The van der Waals surface area contributed by atoms with Gasteiger partial charge in [0.1, 0.15) is 11.5 Å². The number of ether oxygens (including phenoxy) is 2. The first kappa shape index (κ1) is 21.8. The fraction of sp³-hybridized carbons (Fsp3) is 0.192. The molecular weight excluding hydrogens is 392 g/mol. The van der Waals surface area contributed by atoms with Gasteiger partial charge < -0.3 is 19.7 Å². The Hall–Kier alpha value is -3.91. The zero-order valence-corrected chi connectivity index (χ0v) is 17.9. The van der Waals surface area contributed by atoms with Gasteiger partial charge in [-0.05, 0) is 43.2 Å². The summed E-state index contributed by atoms with van der Waals surface area (Å²) in [6, 6.07) is 13.1. The Bertz CT molecular complexity index is 1180. The van der Waals surface area contributed by atoms with E-state index < -0.39 is 5.75 Å². The van der Waals surface area contributed by atoms with E-state index in [1.165, 1.54) is 0 Å². The summed E-state index contributed by atoms with van der Waals surface area (Å²) < 4.78 is 10.9. The van der Waals surface area contributed by atoms with Crippen LogP contribution in [0.25, 0.3) is 0 Å². The average molecular weight is 416 g/mol. The summed E-state index contributed by atoms with van der Waals surface area (Å²) in [7, 11) is 3.14. The number of hydrogen-bond donors (Lipinski definition) is 2. The van der Waals surface area contributed by atoms with Gasteiger partial charge in [0.05, 0.1) is 19.8 Å². The van der Waals surface area contributed by atoms with Crippen molar-refractivity contribution >= 4 is 6.29 Å². The molecule has 0 spiro atoms. The summed E-state index contributed by atoms with van der Waals surface area (Å²) in [4.78, 5) is 11.9. The molecule has 0 heterocycles. The third-order valence-corrected chi connectivity index (χ3v) is 5.27. The minimum atomic E-state index is -0.446. The average Bonchev–Trinajstić information content (AvgIpc) is 2.79. The van der Waals surface area contributed by atoms with Crippen molar-refractivity contribution in [1.29, 1.82) is 0 Å². The molecule has 0 saturated carbocycles. The number of phenols is 2. The molecule has 158 valence electrons. The van der Waals surface area contributed by atoms with Gasteiger partial charge in [-0.2, -0.15) is 0 Å². The lowest BCUT2D eigenvalue weighted by Gasteiger charge is -2.18. The van der Waals surface area contributed by atoms with Gasteiger partial charge in [0, 0.05) is 34.7 Å². The molecule has 31 heavy (non-hydrogen) atoms. The maximum Gasteiger partial charge on any atom is 0.168 e. The molecule has 0 aliphatic heterocycles. The molecule has 0 aliphatic carbocycles. The predicted octanol–water partition coefficient (Wildman–Crippen LogP) is 4.53. The Morgan fingerprint density at radius 3 is 2.26 bits per heavy atom. The van der Waals surface area contributed by atoms with Crippen LogP contribution in [-0.2, 0) is 6.42 Å². The third kappa shape index (κ3) is 4.34. The highest BCUT2D eigenvalue weighted by Gasteiger charge is 2.22. The molecule has 0 atom stereocenters. The fourth-order valence-corrected chi connectivity index (χ4v) is 3.52. The molecule has 0 aromatic heterocycles. The van der Waals surface area contributed by atoms with E-state index in [0.717, 1.165) is 16.7 Å². The van der Waals surface area contributed by atoms with Gasteiger partial charge in [0.25, 0.3) is 0 Å². The number of phenolic OH excluding ortho intramolecular Hbond substituents is 2. The van der Waals surface area contributed by atoms with Crippen LogP contribution in [0.2, 0.25) is 0 Å². The van der Waals surface area contributed by atoms with Crippen LogP contribution in [0, 0.1) is 25.7 Å². The normalized spacial score (nSPS) is 10.2. The second-order valence-corrected chi connectivity index (χ2v) is 7.13. The third-order valence-electron chi connectivity index (χ3n) is 5.27. The Labute approximate surface area is 181 Å². The summed E-state index contributed by atoms with van der Waals surface area (Å²) in [5.41, 5.74) is 3.98. The van der Waals surface area contributed by atoms with Crippen molar-refractivity contribution in [2.75, 3.05) is 14.2 Å². The van der Waals surface area contributed by atoms with Crippen molar-refractivity contribution in [2.24, 2.45) is 0 Å². The van der Waals surface area contributed by atoms with Crippen molar-refractivity contribution in [3.05, 3.63) is 81.4 Å². The molecule has 0 radical (unpaired) electrons. The number of aromatic hydroxyl groups is 2. The number of rotatable bonds is 5. The summed E-state index contributed by atoms with van der Waals surface area (Å²) in [6.07, 6.45) is 0.823. The molecule has 0 aliphatic rings. The van der Waals surface area contributed by atoms with Crippen LogP contribution in [0.4, 0.5) is 0 Å². The van der Waals surface area contributed by atoms with Gasteiger partial charge in [0.15, 0.2) is 17.8 Å². The van der Waals surface area contributed by atoms with Gasteiger partial charge in [0.2, 0.25) is 0 Å². The first-order valence-electron chi connectivity index (χ1n) is 9.72. The van der Waals surface area contributed by atoms with E-state index in [1.54, 1.807) is 27.2 Å². The molecule has 3 aromatic carbocycles. The van der Waals surface area contributed by atoms with E-state index in [4.69, 9.17) is 9.47 Å². The van der Waals surface area contributed by atoms with Gasteiger partial charge in [-0.25, -0.2) is 0 Å². The summed E-state index contributed by atoms with van der Waals surface area (Å²) in [5.74, 6) is 6.63. The van der Waals surface area contributed by atoms with Gasteiger partial charge in [-0.3, -0.25) is 4.79 Å². The zero-order chi connectivity index (χ0) is 22.5. The molecule has 0 bridgehead atoms. The van der Waals surface area contributed by atoms with E-state index in [0.29, 0.717) is 34.5 Å². The highest BCUT2D eigenvalue weighted by Crippen LogP contribution is 2.40. The Morgan fingerprint density at radius 2 is 1.65 bits per heavy atom. The van der Waals surface area contributed by atoms with E-state index in [1.807, 2.05) is 43.3 Å². The molecule has 3 rings (SSSR count). The van der Waals surface area contributed by atoms with Gasteiger partial charge >= 0.3 is 0 Å². The minimum Gasteiger partial charge on any atom is -0.504 e. The maximum atomic E-state index is 11.9. The second-order valence-electron chi connectivity index (χ2n) is 7.13. The summed E-state index contributed by atoms with van der Waals surface area (Å²) >= 11 is 0. The molecule has 5 nitrogen and oxygen atoms in total. The number of carbonyl (C=O) groups is 1. The van der Waals surface area contributed by atoms with Crippen LogP contribution in [0.15, 0.2) is 42.5 Å². The number of carbonyl (C=O) groups excluding carboxylic acids is 1. The molecule has 0 saturated heterocycles. The van der Waals surface area contributed by atoms with Crippen LogP contribution in [0.3, 0.4) is 0 Å². The van der Waals surface area contributed by atoms with Crippen molar-refractivity contribution in [1.82, 2.24) is 0 Å². The van der Waals surface area contributed by atoms with Crippen LogP contribution < -0.4 is 9.47 Å².